The van der Waals surface area contributed by atoms with E-state index >= 15 is 0 Å². The molecule has 0 spiro atoms. The lowest BCUT2D eigenvalue weighted by Gasteiger charge is -1.92. The molecule has 0 saturated heterocycles. The minimum absolute atomic E-state index is 0. The molecule has 1 N–H and O–H groups in total. The van der Waals surface area contributed by atoms with Crippen LogP contribution >= 0.6 is 27.9 Å². The molecular weight excluding hydrogens is 266 g/mol. The first-order valence-corrected chi connectivity index (χ1v) is 3.39. The van der Waals surface area contributed by atoms with E-state index in [4.69, 9.17) is 11.8 Å². The second-order valence-corrected chi connectivity index (χ2v) is 2.63. The largest absolute Gasteiger partial charge is 0.361 e. The maximum absolute atomic E-state index is 10.7. The minimum Gasteiger partial charge on any atom is -0.257 e. The van der Waals surface area contributed by atoms with E-state index < -0.39 is 17.1 Å². The van der Waals surface area contributed by atoms with Crippen molar-refractivity contribution in [3.8, 4) is 0 Å². The molecular formula is C3H3BrClMgN3O3. The minimum atomic E-state index is -0.961. The van der Waals surface area contributed by atoms with Crippen molar-refractivity contribution >= 4 is 51.0 Å². The van der Waals surface area contributed by atoms with Crippen molar-refractivity contribution in [3.63, 3.8) is 0 Å². The van der Waals surface area contributed by atoms with Gasteiger partial charge in [0.05, 0.1) is 16.1 Å². The number of nitrogens with one attached hydrogen (secondary N) is 1. The van der Waals surface area contributed by atoms with Crippen LogP contribution in [0.1, 0.15) is 0 Å². The summed E-state index contributed by atoms with van der Waals surface area (Å²) in [4.78, 5) is 33.7. The van der Waals surface area contributed by atoms with Crippen LogP contribution in [-0.2, 0) is 0 Å². The van der Waals surface area contributed by atoms with Gasteiger partial charge in [-0.2, -0.15) is 7.68 Å². The molecule has 0 fully saturated rings. The van der Waals surface area contributed by atoms with Gasteiger partial charge in [-0.05, 0) is 0 Å². The van der Waals surface area contributed by atoms with Gasteiger partial charge in [0, 0.05) is 11.8 Å². The average Bonchev–Trinajstić information content (AvgIpc) is 1.97. The Morgan fingerprint density at radius 3 is 2.25 bits per heavy atom. The summed E-state index contributed by atoms with van der Waals surface area (Å²) in [6.07, 6.45) is 0. The number of aromatic nitrogens is 3. The molecule has 0 saturated carbocycles. The first kappa shape index (κ1) is 11.9. The fourth-order valence-electron chi connectivity index (χ4n) is 0.440. The molecule has 0 aliphatic carbocycles. The monoisotopic (exact) mass is 267 g/mol. The highest BCUT2D eigenvalue weighted by Gasteiger charge is 2.03. The molecule has 6 nitrogen and oxygen atoms in total. The Hall–Kier alpha value is -0.0538. The van der Waals surface area contributed by atoms with E-state index in [1.807, 2.05) is 0 Å². The van der Waals surface area contributed by atoms with Gasteiger partial charge in [-0.1, -0.05) is 0 Å². The summed E-state index contributed by atoms with van der Waals surface area (Å²) in [5.74, 6) is 0. The van der Waals surface area contributed by atoms with E-state index in [0.29, 0.717) is 3.59 Å². The van der Waals surface area contributed by atoms with Crippen LogP contribution in [0.4, 0.5) is 0 Å². The van der Waals surface area contributed by atoms with Crippen LogP contribution in [-0.4, -0.2) is 35.7 Å². The summed E-state index contributed by atoms with van der Waals surface area (Å²) in [6.45, 7) is 0. The number of halogens is 2. The van der Waals surface area contributed by atoms with Crippen molar-refractivity contribution in [1.29, 1.82) is 0 Å². The molecule has 1 rings (SSSR count). The lowest BCUT2D eigenvalue weighted by molar-refractivity contribution is 0.820. The molecule has 0 aliphatic heterocycles. The van der Waals surface area contributed by atoms with Gasteiger partial charge in [0.1, 0.15) is 0 Å². The van der Waals surface area contributed by atoms with Crippen molar-refractivity contribution in [2.24, 2.45) is 0 Å². The van der Waals surface area contributed by atoms with Crippen LogP contribution < -0.4 is 17.1 Å². The molecule has 1 aromatic rings. The molecule has 0 radical (unpaired) electrons. The van der Waals surface area contributed by atoms with Crippen molar-refractivity contribution in [2.45, 2.75) is 0 Å². The fourth-order valence-corrected chi connectivity index (χ4v) is 0.897. The van der Waals surface area contributed by atoms with Gasteiger partial charge >= 0.3 is 40.1 Å². The van der Waals surface area contributed by atoms with Crippen LogP contribution in [0.2, 0.25) is 0 Å². The number of rotatable bonds is 0. The molecule has 0 aliphatic rings. The zero-order chi connectivity index (χ0) is 8.59. The fraction of sp³-hybridized carbons (Fsp3) is 0. The highest BCUT2D eigenvalue weighted by Crippen LogP contribution is 1.74. The molecule has 0 atom stereocenters. The third kappa shape index (κ3) is 2.00. The van der Waals surface area contributed by atoms with Crippen LogP contribution in [0.5, 0.6) is 0 Å². The third-order valence-corrected chi connectivity index (χ3v) is 1.83. The Morgan fingerprint density at radius 1 is 1.25 bits per heavy atom. The van der Waals surface area contributed by atoms with Gasteiger partial charge in [-0.15, -0.1) is 0 Å². The molecule has 9 heteroatoms. The average molecular weight is 269 g/mol. The lowest BCUT2D eigenvalue weighted by Crippen LogP contribution is -2.43. The second kappa shape index (κ2) is 4.26. The second-order valence-electron chi connectivity index (χ2n) is 1.58. The van der Waals surface area contributed by atoms with Gasteiger partial charge < -0.3 is 0 Å². The van der Waals surface area contributed by atoms with Crippen LogP contribution in [0.25, 0.3) is 0 Å². The van der Waals surface area contributed by atoms with E-state index in [9.17, 15) is 14.4 Å². The summed E-state index contributed by atoms with van der Waals surface area (Å²) in [5, 5.41) is 0. The molecule has 1 aromatic heterocycles. The molecule has 0 aromatic carbocycles. The van der Waals surface area contributed by atoms with E-state index in [-0.39, 0.29) is 27.1 Å². The summed E-state index contributed by atoms with van der Waals surface area (Å²) in [5.41, 5.74) is -2.77. The Morgan fingerprint density at radius 2 is 1.75 bits per heavy atom. The number of H-pyrrole nitrogens is 1. The highest BCUT2D eigenvalue weighted by atomic mass is 79.9. The Labute approximate surface area is 94.8 Å². The van der Waals surface area contributed by atoms with Crippen molar-refractivity contribution in [3.05, 3.63) is 31.5 Å². The summed E-state index contributed by atoms with van der Waals surface area (Å²) in [7, 11) is 0. The molecule has 64 valence electrons. The summed E-state index contributed by atoms with van der Waals surface area (Å²) in [6, 6.07) is 0. The zero-order valence-electron chi connectivity index (χ0n) is 4.88. The van der Waals surface area contributed by atoms with Gasteiger partial charge in [-0.3, -0.25) is 4.98 Å². The van der Waals surface area contributed by atoms with Gasteiger partial charge in [0.15, 0.2) is 0 Å². The maximum atomic E-state index is 10.7. The van der Waals surface area contributed by atoms with E-state index in [1.165, 1.54) is 0 Å². The Bertz CT molecular complexity index is 410. The quantitative estimate of drug-likeness (QED) is 0.550. The molecule has 0 bridgehead atoms. The Balaban J connectivity index is 0.00000121. The van der Waals surface area contributed by atoms with Crippen LogP contribution in [0, 0.1) is 0 Å². The number of hydrogen-bond donors (Lipinski definition) is 1. The smallest absolute Gasteiger partial charge is 0.257 e. The zero-order valence-corrected chi connectivity index (χ0v) is 7.22. The Kier molecular flexibility index (Phi) is 4.24. The topological polar surface area (TPSA) is 76.9 Å². The van der Waals surface area contributed by atoms with Gasteiger partial charge in [0.2, 0.25) is 0 Å². The number of hydrogen-bond acceptors (Lipinski definition) is 3. The summed E-state index contributed by atoms with van der Waals surface area (Å²) >= 11 is 7.71. The van der Waals surface area contributed by atoms with E-state index in [0.717, 1.165) is 0 Å². The number of aromatic amines is 1. The van der Waals surface area contributed by atoms with Crippen molar-refractivity contribution in [1.82, 2.24) is 12.7 Å². The predicted octanol–water partition coefficient (Wildman–Crippen LogP) is -2.06. The third-order valence-electron chi connectivity index (χ3n) is 0.906. The SMILES string of the molecule is O=c1[nH]c(=O)n(Br)c(=O)n1Cl.[MgH2]. The normalized spacial score (nSPS) is 9.17. The molecule has 0 amide bonds. The lowest BCUT2D eigenvalue weighted by atomic mass is 11.0. The van der Waals surface area contributed by atoms with Crippen molar-refractivity contribution < 1.29 is 0 Å². The molecule has 0 unspecified atom stereocenters. The predicted molar refractivity (Wildman–Crippen MR) is 49.7 cm³/mol. The van der Waals surface area contributed by atoms with Crippen LogP contribution in [0.15, 0.2) is 14.4 Å². The first-order chi connectivity index (χ1) is 5.04. The maximum Gasteiger partial charge on any atom is 0.361 e. The van der Waals surface area contributed by atoms with Crippen molar-refractivity contribution in [2.75, 3.05) is 0 Å². The highest BCUT2D eigenvalue weighted by molar-refractivity contribution is 9.08. The van der Waals surface area contributed by atoms with Gasteiger partial charge in [-0.25, -0.2) is 14.4 Å². The molecule has 1 heterocycles. The van der Waals surface area contributed by atoms with E-state index in [2.05, 4.69) is 16.1 Å². The van der Waals surface area contributed by atoms with Gasteiger partial charge in [0.25, 0.3) is 0 Å². The standard InChI is InChI=1S/C3HBrClN3O3.Mg.2H/c4-7-1(9)6-2(10)8(5)3(7)11;;;/h(H,6,9,10);;;. The molecule has 12 heavy (non-hydrogen) atoms. The van der Waals surface area contributed by atoms with Crippen LogP contribution in [0.3, 0.4) is 0 Å². The summed E-state index contributed by atoms with van der Waals surface area (Å²) < 4.78 is 0.748. The first-order valence-electron chi connectivity index (χ1n) is 2.34. The van der Waals surface area contributed by atoms with E-state index in [1.54, 1.807) is 4.98 Å². The number of nitrogens with zero attached hydrogens (tertiary/aromatic N) is 2.